The fourth-order valence-corrected chi connectivity index (χ4v) is 5.35. The molecular weight excluding hydrogens is 314 g/mol. The monoisotopic (exact) mass is 333 g/mol. The summed E-state index contributed by atoms with van der Waals surface area (Å²) in [6, 6.07) is 1.90. The number of thiophene rings is 1. The molecule has 4 rings (SSSR count). The van der Waals surface area contributed by atoms with Gasteiger partial charge in [-0.15, -0.1) is 11.3 Å². The number of rotatable bonds is 2. The number of carboxylic acids is 1. The summed E-state index contributed by atoms with van der Waals surface area (Å²) in [5.41, 5.74) is 0.196. The Morgan fingerprint density at radius 1 is 1.48 bits per heavy atom. The maximum atomic E-state index is 12.8. The van der Waals surface area contributed by atoms with E-state index < -0.39 is 11.4 Å². The van der Waals surface area contributed by atoms with Crippen molar-refractivity contribution < 1.29 is 14.7 Å². The summed E-state index contributed by atoms with van der Waals surface area (Å²) in [6.07, 6.45) is 2.55. The predicted molar refractivity (Wildman–Crippen MR) is 86.6 cm³/mol. The van der Waals surface area contributed by atoms with Crippen molar-refractivity contribution in [2.24, 2.45) is 18.4 Å². The Morgan fingerprint density at radius 2 is 2.26 bits per heavy atom. The van der Waals surface area contributed by atoms with Crippen molar-refractivity contribution in [1.82, 2.24) is 14.7 Å². The SMILES string of the molecule is Cc1nn(C)c2sc(C(=O)N3C[C@@H]4CCC[C@@]4(C(=O)O)C3)cc12. The molecule has 1 aliphatic carbocycles. The van der Waals surface area contributed by atoms with Gasteiger partial charge in [0.05, 0.1) is 16.0 Å². The topological polar surface area (TPSA) is 75.4 Å². The molecular formula is C16H19N3O3S. The molecule has 1 amide bonds. The van der Waals surface area contributed by atoms with Crippen molar-refractivity contribution in [2.45, 2.75) is 26.2 Å². The van der Waals surface area contributed by atoms with Crippen LogP contribution in [0.15, 0.2) is 6.07 Å². The van der Waals surface area contributed by atoms with Gasteiger partial charge in [-0.25, -0.2) is 0 Å². The molecule has 2 aromatic heterocycles. The van der Waals surface area contributed by atoms with Crippen molar-refractivity contribution in [1.29, 1.82) is 0 Å². The Hall–Kier alpha value is -1.89. The molecule has 7 heteroatoms. The second kappa shape index (κ2) is 4.80. The fourth-order valence-electron chi connectivity index (χ4n) is 4.26. The largest absolute Gasteiger partial charge is 0.481 e. The van der Waals surface area contributed by atoms with Crippen LogP contribution in [0.4, 0.5) is 0 Å². The average molecular weight is 333 g/mol. The summed E-state index contributed by atoms with van der Waals surface area (Å²) in [7, 11) is 1.87. The minimum absolute atomic E-state index is 0.0411. The molecule has 6 nitrogen and oxygen atoms in total. The summed E-state index contributed by atoms with van der Waals surface area (Å²) in [5, 5.41) is 15.0. The lowest BCUT2D eigenvalue weighted by atomic mass is 9.81. The maximum Gasteiger partial charge on any atom is 0.311 e. The summed E-state index contributed by atoms with van der Waals surface area (Å²) in [4.78, 5) is 28.0. The van der Waals surface area contributed by atoms with Gasteiger partial charge in [-0.2, -0.15) is 5.10 Å². The van der Waals surface area contributed by atoms with Crippen LogP contribution < -0.4 is 0 Å². The first-order valence-corrected chi connectivity index (χ1v) is 8.70. The molecule has 122 valence electrons. The number of carboxylic acid groups (broad SMARTS) is 1. The Bertz CT molecular complexity index is 790. The number of aromatic nitrogens is 2. The van der Waals surface area contributed by atoms with Gasteiger partial charge >= 0.3 is 5.97 Å². The number of hydrogen-bond donors (Lipinski definition) is 1. The highest BCUT2D eigenvalue weighted by Gasteiger charge is 2.55. The minimum atomic E-state index is -0.744. The van der Waals surface area contributed by atoms with Gasteiger partial charge in [-0.1, -0.05) is 6.42 Å². The zero-order valence-electron chi connectivity index (χ0n) is 13.2. The Balaban J connectivity index is 1.64. The van der Waals surface area contributed by atoms with Gasteiger partial charge in [0.15, 0.2) is 0 Å². The van der Waals surface area contributed by atoms with Crippen LogP contribution in [0, 0.1) is 18.3 Å². The van der Waals surface area contributed by atoms with E-state index in [0.717, 1.165) is 28.8 Å². The molecule has 1 saturated heterocycles. The highest BCUT2D eigenvalue weighted by Crippen LogP contribution is 2.49. The first-order valence-electron chi connectivity index (χ1n) is 7.88. The number of amides is 1. The van der Waals surface area contributed by atoms with Gasteiger partial charge < -0.3 is 10.0 Å². The van der Waals surface area contributed by atoms with Crippen molar-refractivity contribution in [2.75, 3.05) is 13.1 Å². The lowest BCUT2D eigenvalue weighted by Gasteiger charge is -2.23. The van der Waals surface area contributed by atoms with E-state index in [1.54, 1.807) is 9.58 Å². The predicted octanol–water partition coefficient (Wildman–Crippen LogP) is 2.27. The number of fused-ring (bicyclic) bond motifs is 2. The second-order valence-electron chi connectivity index (χ2n) is 6.77. The first kappa shape index (κ1) is 14.7. The molecule has 1 N–H and O–H groups in total. The first-order chi connectivity index (χ1) is 10.9. The Morgan fingerprint density at radius 3 is 2.91 bits per heavy atom. The van der Waals surface area contributed by atoms with E-state index in [2.05, 4.69) is 5.10 Å². The second-order valence-corrected chi connectivity index (χ2v) is 7.81. The number of carbonyl (C=O) groups excluding carboxylic acids is 1. The highest BCUT2D eigenvalue weighted by molar-refractivity contribution is 7.20. The quantitative estimate of drug-likeness (QED) is 0.915. The minimum Gasteiger partial charge on any atom is -0.481 e. The summed E-state index contributed by atoms with van der Waals surface area (Å²) < 4.78 is 1.80. The van der Waals surface area contributed by atoms with Gasteiger partial charge in [0.1, 0.15) is 4.83 Å². The smallest absolute Gasteiger partial charge is 0.311 e. The van der Waals surface area contributed by atoms with E-state index in [1.165, 1.54) is 11.3 Å². The molecule has 2 fully saturated rings. The maximum absolute atomic E-state index is 12.8. The molecule has 1 saturated carbocycles. The average Bonchev–Trinajstić information content (AvgIpc) is 3.20. The summed E-state index contributed by atoms with van der Waals surface area (Å²) >= 11 is 1.44. The number of hydrogen-bond acceptors (Lipinski definition) is 4. The number of likely N-dealkylation sites (tertiary alicyclic amines) is 1. The number of carbonyl (C=O) groups is 2. The molecule has 0 aromatic carbocycles. The molecule has 2 atom stereocenters. The third-order valence-corrected chi connectivity index (χ3v) is 6.68. The van der Waals surface area contributed by atoms with Crippen LogP contribution in [0.2, 0.25) is 0 Å². The molecule has 2 aliphatic rings. The molecule has 1 aliphatic heterocycles. The fraction of sp³-hybridized carbons (Fsp3) is 0.562. The molecule has 2 aromatic rings. The van der Waals surface area contributed by atoms with E-state index in [1.807, 2.05) is 20.0 Å². The van der Waals surface area contributed by atoms with E-state index in [4.69, 9.17) is 0 Å². The van der Waals surface area contributed by atoms with Crippen LogP contribution in [-0.2, 0) is 11.8 Å². The highest BCUT2D eigenvalue weighted by atomic mass is 32.1. The van der Waals surface area contributed by atoms with E-state index in [-0.39, 0.29) is 11.8 Å². The molecule has 3 heterocycles. The van der Waals surface area contributed by atoms with Crippen LogP contribution in [0.3, 0.4) is 0 Å². The van der Waals surface area contributed by atoms with E-state index in [0.29, 0.717) is 24.4 Å². The normalized spacial score (nSPS) is 26.9. The molecule has 0 radical (unpaired) electrons. The van der Waals surface area contributed by atoms with Gasteiger partial charge in [-0.05, 0) is 31.7 Å². The van der Waals surface area contributed by atoms with Crippen LogP contribution in [0.5, 0.6) is 0 Å². The molecule has 0 spiro atoms. The Kier molecular flexibility index (Phi) is 3.07. The van der Waals surface area contributed by atoms with Crippen LogP contribution in [-0.4, -0.2) is 44.8 Å². The van der Waals surface area contributed by atoms with E-state index in [9.17, 15) is 14.7 Å². The van der Waals surface area contributed by atoms with Crippen LogP contribution in [0.1, 0.15) is 34.6 Å². The van der Waals surface area contributed by atoms with Gasteiger partial charge in [0, 0.05) is 25.5 Å². The number of aliphatic carboxylic acids is 1. The summed E-state index contributed by atoms with van der Waals surface area (Å²) in [5.74, 6) is -0.686. The number of nitrogens with zero attached hydrogens (tertiary/aromatic N) is 3. The lowest BCUT2D eigenvalue weighted by molar-refractivity contribution is -0.149. The zero-order chi connectivity index (χ0) is 16.4. The molecule has 0 bridgehead atoms. The third-order valence-electron chi connectivity index (χ3n) is 5.49. The Labute approximate surface area is 137 Å². The van der Waals surface area contributed by atoms with Gasteiger partial charge in [0.25, 0.3) is 5.91 Å². The standard InChI is InChI=1S/C16H19N3O3S/c1-9-11-6-12(23-14(11)18(2)17-9)13(20)19-7-10-4-3-5-16(10,8-19)15(21)22/h6,10H,3-5,7-8H2,1-2H3,(H,21,22)/t10-,16+/m0/s1. The lowest BCUT2D eigenvalue weighted by Crippen LogP contribution is -2.37. The van der Waals surface area contributed by atoms with Crippen molar-refractivity contribution in [3.8, 4) is 0 Å². The zero-order valence-corrected chi connectivity index (χ0v) is 14.0. The summed E-state index contributed by atoms with van der Waals surface area (Å²) in [6.45, 7) is 2.84. The van der Waals surface area contributed by atoms with Gasteiger partial charge in [0.2, 0.25) is 0 Å². The van der Waals surface area contributed by atoms with Crippen molar-refractivity contribution >= 4 is 33.4 Å². The third kappa shape index (κ3) is 1.95. The van der Waals surface area contributed by atoms with Gasteiger partial charge in [-0.3, -0.25) is 14.3 Å². The van der Waals surface area contributed by atoms with Crippen molar-refractivity contribution in [3.63, 3.8) is 0 Å². The number of aryl methyl sites for hydroxylation is 2. The van der Waals surface area contributed by atoms with Crippen LogP contribution >= 0.6 is 11.3 Å². The molecule has 0 unspecified atom stereocenters. The molecule has 23 heavy (non-hydrogen) atoms. The van der Waals surface area contributed by atoms with Crippen molar-refractivity contribution in [3.05, 3.63) is 16.6 Å². The van der Waals surface area contributed by atoms with E-state index >= 15 is 0 Å². The van der Waals surface area contributed by atoms with Crippen LogP contribution in [0.25, 0.3) is 10.2 Å².